The molecule has 150 valence electrons. The first-order valence-corrected chi connectivity index (χ1v) is 10.6. The summed E-state index contributed by atoms with van der Waals surface area (Å²) in [6, 6.07) is 11.2. The van der Waals surface area contributed by atoms with E-state index in [1.165, 1.54) is 0 Å². The van der Waals surface area contributed by atoms with E-state index in [9.17, 15) is 9.59 Å². The Morgan fingerprint density at radius 2 is 2.04 bits per heavy atom. The smallest absolute Gasteiger partial charge is 0.254 e. The molecule has 0 aliphatic carbocycles. The summed E-state index contributed by atoms with van der Waals surface area (Å²) in [6.07, 6.45) is 0.759. The molecule has 3 rings (SSSR count). The van der Waals surface area contributed by atoms with Crippen LogP contribution in [-0.2, 0) is 9.53 Å². The van der Waals surface area contributed by atoms with Gasteiger partial charge in [-0.05, 0) is 35.4 Å². The molecule has 0 saturated carbocycles. The van der Waals surface area contributed by atoms with Gasteiger partial charge in [0.15, 0.2) is 0 Å². The van der Waals surface area contributed by atoms with Crippen molar-refractivity contribution in [2.24, 2.45) is 5.92 Å². The number of rotatable bonds is 8. The molecule has 2 atom stereocenters. The van der Waals surface area contributed by atoms with Crippen molar-refractivity contribution >= 4 is 23.2 Å². The second kappa shape index (κ2) is 9.34. The van der Waals surface area contributed by atoms with E-state index < -0.39 is 5.92 Å². The van der Waals surface area contributed by atoms with E-state index in [1.54, 1.807) is 18.4 Å². The van der Waals surface area contributed by atoms with E-state index >= 15 is 0 Å². The Bertz CT molecular complexity index is 804. The van der Waals surface area contributed by atoms with Crippen LogP contribution < -0.4 is 5.32 Å². The van der Waals surface area contributed by atoms with Crippen molar-refractivity contribution in [2.75, 3.05) is 26.8 Å². The van der Waals surface area contributed by atoms with Crippen LogP contribution in [0.1, 0.15) is 53.0 Å². The van der Waals surface area contributed by atoms with E-state index in [4.69, 9.17) is 4.74 Å². The van der Waals surface area contributed by atoms with Crippen molar-refractivity contribution in [3.8, 4) is 0 Å². The molecule has 1 aliphatic rings. The van der Waals surface area contributed by atoms with Gasteiger partial charge in [-0.25, -0.2) is 0 Å². The maximum absolute atomic E-state index is 13.3. The molecule has 2 unspecified atom stereocenters. The third kappa shape index (κ3) is 4.28. The van der Waals surface area contributed by atoms with Gasteiger partial charge in [0, 0.05) is 37.2 Å². The molecule has 2 aromatic rings. The summed E-state index contributed by atoms with van der Waals surface area (Å²) in [5.41, 5.74) is 1.45. The Morgan fingerprint density at radius 1 is 1.25 bits per heavy atom. The van der Waals surface area contributed by atoms with Gasteiger partial charge in [0.05, 0.1) is 12.0 Å². The summed E-state index contributed by atoms with van der Waals surface area (Å²) in [4.78, 5) is 29.5. The summed E-state index contributed by atoms with van der Waals surface area (Å²) in [6.45, 7) is 5.97. The number of hydrogen-bond acceptors (Lipinski definition) is 4. The van der Waals surface area contributed by atoms with Gasteiger partial charge in [0.2, 0.25) is 5.91 Å². The summed E-state index contributed by atoms with van der Waals surface area (Å²) < 4.78 is 5.08. The van der Waals surface area contributed by atoms with Crippen LogP contribution in [0.25, 0.3) is 0 Å². The highest BCUT2D eigenvalue weighted by molar-refractivity contribution is 7.10. The van der Waals surface area contributed by atoms with Gasteiger partial charge in [-0.15, -0.1) is 11.3 Å². The fraction of sp³-hybridized carbons (Fsp3) is 0.455. The molecular weight excluding hydrogens is 372 g/mol. The third-order valence-electron chi connectivity index (χ3n) is 4.94. The quantitative estimate of drug-likeness (QED) is 0.685. The molecule has 0 radical (unpaired) electrons. The van der Waals surface area contributed by atoms with Gasteiger partial charge >= 0.3 is 0 Å². The van der Waals surface area contributed by atoms with Crippen molar-refractivity contribution in [1.82, 2.24) is 10.2 Å². The topological polar surface area (TPSA) is 58.6 Å². The monoisotopic (exact) mass is 400 g/mol. The number of methoxy groups -OCH3 is 1. The Labute approximate surface area is 170 Å². The standard InChI is InChI=1S/C22H28N2O3S/c1-15(2)14-24-20(18-10-6-13-28-18)19(21(25)23-11-7-12-27-3)16-8-4-5-9-17(16)22(24)26/h4-6,8-10,13,15,19-20H,7,11-12,14H2,1-3H3,(H,23,25). The Kier molecular flexibility index (Phi) is 6.86. The van der Waals surface area contributed by atoms with Gasteiger partial charge < -0.3 is 15.0 Å². The number of nitrogens with one attached hydrogen (secondary N) is 1. The van der Waals surface area contributed by atoms with Crippen LogP contribution in [0.3, 0.4) is 0 Å². The van der Waals surface area contributed by atoms with Crippen LogP contribution >= 0.6 is 11.3 Å². The van der Waals surface area contributed by atoms with Gasteiger partial charge in [-0.3, -0.25) is 9.59 Å². The zero-order chi connectivity index (χ0) is 20.1. The minimum atomic E-state index is -0.422. The number of ether oxygens (including phenoxy) is 1. The van der Waals surface area contributed by atoms with Crippen molar-refractivity contribution in [3.63, 3.8) is 0 Å². The Hall–Kier alpha value is -2.18. The van der Waals surface area contributed by atoms with Crippen LogP contribution in [0, 0.1) is 5.92 Å². The predicted molar refractivity (Wildman–Crippen MR) is 112 cm³/mol. The molecule has 2 heterocycles. The number of hydrogen-bond donors (Lipinski definition) is 1. The van der Waals surface area contributed by atoms with Crippen molar-refractivity contribution in [1.29, 1.82) is 0 Å². The lowest BCUT2D eigenvalue weighted by atomic mass is 9.81. The molecule has 0 saturated heterocycles. The minimum Gasteiger partial charge on any atom is -0.385 e. The first kappa shape index (κ1) is 20.6. The lowest BCUT2D eigenvalue weighted by molar-refractivity contribution is -0.124. The summed E-state index contributed by atoms with van der Waals surface area (Å²) >= 11 is 1.60. The molecule has 28 heavy (non-hydrogen) atoms. The number of benzene rings is 1. The minimum absolute atomic E-state index is 0.00568. The zero-order valence-electron chi connectivity index (χ0n) is 16.7. The van der Waals surface area contributed by atoms with Crippen molar-refractivity contribution in [3.05, 3.63) is 57.8 Å². The highest BCUT2D eigenvalue weighted by Crippen LogP contribution is 2.44. The zero-order valence-corrected chi connectivity index (χ0v) is 17.5. The lowest BCUT2D eigenvalue weighted by Gasteiger charge is -2.42. The van der Waals surface area contributed by atoms with Crippen molar-refractivity contribution < 1.29 is 14.3 Å². The number of carbonyl (C=O) groups is 2. The van der Waals surface area contributed by atoms with Crippen LogP contribution in [0.2, 0.25) is 0 Å². The number of amides is 2. The molecular formula is C22H28N2O3S. The molecule has 1 aliphatic heterocycles. The van der Waals surface area contributed by atoms with Gasteiger partial charge in [-0.1, -0.05) is 38.1 Å². The molecule has 2 amide bonds. The number of nitrogens with zero attached hydrogens (tertiary/aromatic N) is 1. The van der Waals surface area contributed by atoms with E-state index in [1.807, 2.05) is 46.7 Å². The average Bonchev–Trinajstić information content (AvgIpc) is 3.21. The predicted octanol–water partition coefficient (Wildman–Crippen LogP) is 3.84. The van der Waals surface area contributed by atoms with E-state index in [0.29, 0.717) is 31.2 Å². The van der Waals surface area contributed by atoms with Crippen LogP contribution in [0.15, 0.2) is 41.8 Å². The molecule has 5 nitrogen and oxygen atoms in total. The molecule has 1 aromatic carbocycles. The van der Waals surface area contributed by atoms with Gasteiger partial charge in [0.1, 0.15) is 0 Å². The lowest BCUT2D eigenvalue weighted by Crippen LogP contribution is -2.48. The second-order valence-electron chi connectivity index (χ2n) is 7.51. The van der Waals surface area contributed by atoms with Crippen LogP contribution in [-0.4, -0.2) is 43.5 Å². The average molecular weight is 401 g/mol. The molecule has 1 N–H and O–H groups in total. The molecule has 0 spiro atoms. The Balaban J connectivity index is 2.02. The number of carbonyl (C=O) groups excluding carboxylic acids is 2. The highest BCUT2D eigenvalue weighted by Gasteiger charge is 2.44. The summed E-state index contributed by atoms with van der Waals surface area (Å²) in [5, 5.41) is 5.06. The highest BCUT2D eigenvalue weighted by atomic mass is 32.1. The number of thiophene rings is 1. The van der Waals surface area contributed by atoms with Crippen LogP contribution in [0.5, 0.6) is 0 Å². The fourth-order valence-electron chi connectivity index (χ4n) is 3.78. The van der Waals surface area contributed by atoms with Gasteiger partial charge in [-0.2, -0.15) is 0 Å². The fourth-order valence-corrected chi connectivity index (χ4v) is 4.66. The first-order chi connectivity index (χ1) is 13.5. The molecule has 0 bridgehead atoms. The number of fused-ring (bicyclic) bond motifs is 1. The van der Waals surface area contributed by atoms with Crippen LogP contribution in [0.4, 0.5) is 0 Å². The molecule has 1 aromatic heterocycles. The molecule has 0 fully saturated rings. The van der Waals surface area contributed by atoms with E-state index in [-0.39, 0.29) is 17.9 Å². The summed E-state index contributed by atoms with van der Waals surface area (Å²) in [5.74, 6) is -0.148. The largest absolute Gasteiger partial charge is 0.385 e. The molecule has 6 heteroatoms. The maximum atomic E-state index is 13.3. The second-order valence-corrected chi connectivity index (χ2v) is 8.49. The Morgan fingerprint density at radius 3 is 2.71 bits per heavy atom. The van der Waals surface area contributed by atoms with E-state index in [2.05, 4.69) is 19.2 Å². The summed E-state index contributed by atoms with van der Waals surface area (Å²) in [7, 11) is 1.65. The SMILES string of the molecule is COCCCNC(=O)C1c2ccccc2C(=O)N(CC(C)C)C1c1cccs1. The maximum Gasteiger partial charge on any atom is 0.254 e. The van der Waals surface area contributed by atoms with Gasteiger partial charge in [0.25, 0.3) is 5.91 Å². The van der Waals surface area contributed by atoms with E-state index in [0.717, 1.165) is 16.9 Å². The first-order valence-electron chi connectivity index (χ1n) is 9.74. The third-order valence-corrected chi connectivity index (χ3v) is 5.89. The van der Waals surface area contributed by atoms with Crippen molar-refractivity contribution in [2.45, 2.75) is 32.2 Å². The normalized spacial score (nSPS) is 19.0.